The van der Waals surface area contributed by atoms with E-state index in [1.54, 1.807) is 0 Å². The van der Waals surface area contributed by atoms with E-state index in [0.717, 1.165) is 18.6 Å². The molecule has 2 rings (SSSR count). The topological polar surface area (TPSA) is 55.6 Å². The summed E-state index contributed by atoms with van der Waals surface area (Å²) >= 11 is 2.02. The van der Waals surface area contributed by atoms with Crippen LogP contribution in [0.2, 0.25) is 0 Å². The lowest BCUT2D eigenvalue weighted by molar-refractivity contribution is -0.179. The molecule has 0 spiro atoms. The van der Waals surface area contributed by atoms with Crippen LogP contribution < -0.4 is 5.73 Å². The van der Waals surface area contributed by atoms with Crippen molar-refractivity contribution in [3.8, 4) is 0 Å². The van der Waals surface area contributed by atoms with Gasteiger partial charge in [0.05, 0.1) is 6.10 Å². The van der Waals surface area contributed by atoms with Gasteiger partial charge in [0.2, 0.25) is 5.91 Å². The van der Waals surface area contributed by atoms with Crippen LogP contribution in [0.5, 0.6) is 0 Å². The van der Waals surface area contributed by atoms with Crippen molar-refractivity contribution < 1.29 is 9.53 Å². The third-order valence-electron chi connectivity index (χ3n) is 5.84. The molecule has 0 aliphatic heterocycles. The summed E-state index contributed by atoms with van der Waals surface area (Å²) in [5.74, 6) is 1.25. The Bertz CT molecular complexity index is 421. The molecule has 4 unspecified atom stereocenters. The van der Waals surface area contributed by atoms with Gasteiger partial charge in [-0.1, -0.05) is 20.8 Å². The fourth-order valence-electron chi connectivity index (χ4n) is 3.93. The van der Waals surface area contributed by atoms with Gasteiger partial charge >= 0.3 is 0 Å². The molecule has 2 saturated carbocycles. The predicted octanol–water partition coefficient (Wildman–Crippen LogP) is 3.07. The van der Waals surface area contributed by atoms with Crippen molar-refractivity contribution in [1.29, 1.82) is 0 Å². The van der Waals surface area contributed by atoms with Crippen molar-refractivity contribution in [2.45, 2.75) is 76.3 Å². The number of nitrogens with zero attached hydrogens (tertiary/aromatic N) is 1. The molecule has 23 heavy (non-hydrogen) atoms. The second-order valence-corrected chi connectivity index (χ2v) is 8.88. The smallest absolute Gasteiger partial charge is 0.243 e. The molecular weight excluding hydrogens is 332 g/mol. The molecule has 4 atom stereocenters. The molecule has 0 bridgehead atoms. The summed E-state index contributed by atoms with van der Waals surface area (Å²) in [5.41, 5.74) is 5.45. The maximum atomic E-state index is 13.0. The van der Waals surface area contributed by atoms with E-state index in [0.29, 0.717) is 24.3 Å². The van der Waals surface area contributed by atoms with Gasteiger partial charge in [0.1, 0.15) is 5.54 Å². The maximum absolute atomic E-state index is 13.0. The summed E-state index contributed by atoms with van der Waals surface area (Å²) in [6.07, 6.45) is 4.14. The lowest BCUT2D eigenvalue weighted by atomic mass is 9.54. The molecule has 2 fully saturated rings. The van der Waals surface area contributed by atoms with Gasteiger partial charge in [-0.25, -0.2) is 0 Å². The Morgan fingerprint density at radius 3 is 2.52 bits per heavy atom. The lowest BCUT2D eigenvalue weighted by Crippen LogP contribution is -2.76. The highest BCUT2D eigenvalue weighted by atomic mass is 35.5. The van der Waals surface area contributed by atoms with E-state index in [4.69, 9.17) is 10.5 Å². The molecule has 0 radical (unpaired) electrons. The van der Waals surface area contributed by atoms with Crippen LogP contribution in [0.4, 0.5) is 0 Å². The third kappa shape index (κ3) is 3.68. The number of likely N-dealkylation sites (N-methyl/N-ethyl adjacent to an activating group) is 1. The lowest BCUT2D eigenvalue weighted by Gasteiger charge is -2.58. The van der Waals surface area contributed by atoms with E-state index < -0.39 is 5.54 Å². The van der Waals surface area contributed by atoms with E-state index in [-0.39, 0.29) is 29.8 Å². The number of halogens is 1. The highest BCUT2D eigenvalue weighted by molar-refractivity contribution is 7.99. The summed E-state index contributed by atoms with van der Waals surface area (Å²) in [6, 6.07) is 0.346. The predicted molar refractivity (Wildman–Crippen MR) is 100 cm³/mol. The number of amides is 1. The van der Waals surface area contributed by atoms with Crippen LogP contribution in [-0.2, 0) is 9.53 Å². The summed E-state index contributed by atoms with van der Waals surface area (Å²) in [4.78, 5) is 14.9. The fourth-order valence-corrected chi connectivity index (χ4v) is 5.07. The average molecular weight is 365 g/mol. The number of ether oxygens (including phenoxy) is 1. The molecule has 4 nitrogen and oxygen atoms in total. The van der Waals surface area contributed by atoms with E-state index in [1.807, 2.05) is 30.6 Å². The molecule has 2 N–H and O–H groups in total. The van der Waals surface area contributed by atoms with Crippen molar-refractivity contribution in [1.82, 2.24) is 4.90 Å². The molecule has 6 heteroatoms. The van der Waals surface area contributed by atoms with Crippen LogP contribution in [0.15, 0.2) is 0 Å². The van der Waals surface area contributed by atoms with Crippen molar-refractivity contribution in [2.24, 2.45) is 11.1 Å². The van der Waals surface area contributed by atoms with Crippen LogP contribution in [0.1, 0.15) is 53.4 Å². The minimum absolute atomic E-state index is 0. The highest BCUT2D eigenvalue weighted by Gasteiger charge is 2.63. The van der Waals surface area contributed by atoms with Gasteiger partial charge < -0.3 is 15.4 Å². The van der Waals surface area contributed by atoms with Crippen molar-refractivity contribution in [2.75, 3.05) is 19.4 Å². The molecule has 2 aliphatic rings. The third-order valence-corrected chi connectivity index (χ3v) is 7.07. The zero-order valence-corrected chi connectivity index (χ0v) is 16.8. The number of carbonyl (C=O) groups is 1. The van der Waals surface area contributed by atoms with Crippen molar-refractivity contribution in [3.05, 3.63) is 0 Å². The molecule has 2 aliphatic carbocycles. The number of carbonyl (C=O) groups excluding carboxylic acids is 1. The number of hydrogen-bond donors (Lipinski definition) is 1. The Morgan fingerprint density at radius 1 is 1.35 bits per heavy atom. The Balaban J connectivity index is 0.00000264. The molecular formula is C17H33ClN2O2S. The summed E-state index contributed by atoms with van der Waals surface area (Å²) < 4.78 is 5.74. The molecule has 0 saturated heterocycles. The zero-order chi connectivity index (χ0) is 16.5. The van der Waals surface area contributed by atoms with E-state index in [1.165, 1.54) is 6.42 Å². The van der Waals surface area contributed by atoms with Crippen LogP contribution in [0.25, 0.3) is 0 Å². The minimum Gasteiger partial charge on any atom is -0.378 e. The highest BCUT2D eigenvalue weighted by Crippen LogP contribution is 2.51. The van der Waals surface area contributed by atoms with Crippen LogP contribution in [-0.4, -0.2) is 53.1 Å². The monoisotopic (exact) mass is 364 g/mol. The van der Waals surface area contributed by atoms with Crippen molar-refractivity contribution in [3.63, 3.8) is 0 Å². The van der Waals surface area contributed by atoms with Gasteiger partial charge in [-0.3, -0.25) is 4.79 Å². The Labute approximate surface area is 151 Å². The summed E-state index contributed by atoms with van der Waals surface area (Å²) in [6.45, 7) is 8.99. The number of rotatable bonds is 6. The molecule has 0 aromatic rings. The van der Waals surface area contributed by atoms with E-state index in [9.17, 15) is 4.79 Å². The zero-order valence-electron chi connectivity index (χ0n) is 15.1. The number of hydrogen-bond acceptors (Lipinski definition) is 4. The Kier molecular flexibility index (Phi) is 7.27. The minimum atomic E-state index is -0.780. The normalized spacial score (nSPS) is 35.3. The molecule has 0 aromatic heterocycles. The first-order valence-electron chi connectivity index (χ1n) is 8.57. The fraction of sp³-hybridized carbons (Fsp3) is 0.941. The molecule has 136 valence electrons. The summed E-state index contributed by atoms with van der Waals surface area (Å²) in [7, 11) is 1.94. The molecule has 0 aromatic carbocycles. The van der Waals surface area contributed by atoms with Crippen LogP contribution >= 0.6 is 24.2 Å². The first kappa shape index (κ1) is 21.1. The first-order chi connectivity index (χ1) is 10.3. The van der Waals surface area contributed by atoms with Crippen LogP contribution in [0, 0.1) is 5.41 Å². The standard InChI is InChI=1S/C17H32N2O2S.ClH/c1-6-21-14-11-17(18,16(14,3)4)15(20)19(5)12-8-9-13(10-12)22-7-2;/h12-14H,6-11,18H2,1-5H3;1H. The Hall–Kier alpha value is 0.0300. The Morgan fingerprint density at radius 2 is 2.00 bits per heavy atom. The van der Waals surface area contributed by atoms with Crippen molar-refractivity contribution >= 4 is 30.1 Å². The SMILES string of the molecule is CCOC1CC(N)(C(=O)N(C)C2CCC(SCC)C2)C1(C)C.Cl. The number of nitrogens with two attached hydrogens (primary N) is 1. The molecule has 0 heterocycles. The van der Waals surface area contributed by atoms with Gasteiger partial charge in [-0.15, -0.1) is 12.4 Å². The second kappa shape index (κ2) is 7.94. The van der Waals surface area contributed by atoms with Gasteiger partial charge in [0.15, 0.2) is 0 Å². The maximum Gasteiger partial charge on any atom is 0.243 e. The van der Waals surface area contributed by atoms with E-state index in [2.05, 4.69) is 20.8 Å². The molecule has 1 amide bonds. The average Bonchev–Trinajstić information content (AvgIpc) is 2.94. The van der Waals surface area contributed by atoms with Gasteiger partial charge in [0, 0.05) is 36.8 Å². The van der Waals surface area contributed by atoms with Gasteiger partial charge in [-0.2, -0.15) is 11.8 Å². The van der Waals surface area contributed by atoms with E-state index >= 15 is 0 Å². The number of thioether (sulfide) groups is 1. The van der Waals surface area contributed by atoms with Gasteiger partial charge in [-0.05, 0) is 31.9 Å². The summed E-state index contributed by atoms with van der Waals surface area (Å²) in [5, 5.41) is 0.699. The van der Waals surface area contributed by atoms with Crippen LogP contribution in [0.3, 0.4) is 0 Å². The quantitative estimate of drug-likeness (QED) is 0.786. The largest absolute Gasteiger partial charge is 0.378 e. The van der Waals surface area contributed by atoms with Gasteiger partial charge in [0.25, 0.3) is 0 Å². The first-order valence-corrected chi connectivity index (χ1v) is 9.62. The second-order valence-electron chi connectivity index (χ2n) is 7.30.